The van der Waals surface area contributed by atoms with Gasteiger partial charge < -0.3 is 20.5 Å². The van der Waals surface area contributed by atoms with Crippen molar-refractivity contribution in [3.05, 3.63) is 35.4 Å². The molecule has 0 radical (unpaired) electrons. The molecule has 2 rings (SSSR count). The van der Waals surface area contributed by atoms with Crippen molar-refractivity contribution in [3.63, 3.8) is 0 Å². The Hall–Kier alpha value is -1.07. The molecule has 0 bridgehead atoms. The highest BCUT2D eigenvalue weighted by Gasteiger charge is 2.35. The van der Waals surface area contributed by atoms with Gasteiger partial charge in [0.2, 0.25) is 0 Å². The zero-order valence-electron chi connectivity index (χ0n) is 17.6. The van der Waals surface area contributed by atoms with Crippen LogP contribution in [0.15, 0.2) is 29.3 Å². The first-order chi connectivity index (χ1) is 13.7. The number of ether oxygens (including phenoxy) is 1. The van der Waals surface area contributed by atoms with Crippen LogP contribution in [0.4, 0.5) is 13.2 Å². The van der Waals surface area contributed by atoms with Crippen molar-refractivity contribution in [1.29, 1.82) is 0 Å². The summed E-state index contributed by atoms with van der Waals surface area (Å²) in [5, 5.41) is 16.9. The highest BCUT2D eigenvalue weighted by Crippen LogP contribution is 2.35. The molecule has 2 unspecified atom stereocenters. The summed E-state index contributed by atoms with van der Waals surface area (Å²) in [5.74, 6) is 0.684. The molecule has 1 fully saturated rings. The summed E-state index contributed by atoms with van der Waals surface area (Å²) in [7, 11) is 0. The average Bonchev–Trinajstić information content (AvgIpc) is 2.67. The van der Waals surface area contributed by atoms with Gasteiger partial charge in [-0.15, -0.1) is 24.0 Å². The molecule has 0 aromatic heterocycles. The highest BCUT2D eigenvalue weighted by molar-refractivity contribution is 14.0. The molecule has 5 nitrogen and oxygen atoms in total. The van der Waals surface area contributed by atoms with Gasteiger partial charge in [-0.2, -0.15) is 13.2 Å². The van der Waals surface area contributed by atoms with Crippen molar-refractivity contribution in [2.75, 3.05) is 19.7 Å². The topological polar surface area (TPSA) is 65.9 Å². The fourth-order valence-electron chi connectivity index (χ4n) is 3.41. The Bertz CT molecular complexity index is 656. The Morgan fingerprint density at radius 3 is 2.47 bits per heavy atom. The molecule has 172 valence electrons. The molecule has 1 aliphatic rings. The molecule has 1 aliphatic carbocycles. The molecule has 2 atom stereocenters. The zero-order chi connectivity index (χ0) is 21.3. The first-order valence-corrected chi connectivity index (χ1v) is 10.1. The van der Waals surface area contributed by atoms with E-state index in [1.165, 1.54) is 0 Å². The third kappa shape index (κ3) is 9.38. The van der Waals surface area contributed by atoms with Crippen LogP contribution in [0.3, 0.4) is 0 Å². The molecule has 0 heterocycles. The first kappa shape index (κ1) is 27.0. The number of hydrogen-bond donors (Lipinski definition) is 3. The van der Waals surface area contributed by atoms with Crippen molar-refractivity contribution in [3.8, 4) is 0 Å². The smallest absolute Gasteiger partial charge is 0.392 e. The predicted molar refractivity (Wildman–Crippen MR) is 123 cm³/mol. The van der Waals surface area contributed by atoms with E-state index in [9.17, 15) is 18.3 Å². The number of benzene rings is 1. The molecule has 0 aliphatic heterocycles. The SMILES string of the molecule is CCNC(=NCc1ccc(COCC(F)(F)F)cc1)NCC1(C)CCCCC1O.I. The number of halogens is 4. The Kier molecular flexibility index (Phi) is 11.4. The van der Waals surface area contributed by atoms with Crippen molar-refractivity contribution in [2.24, 2.45) is 10.4 Å². The third-order valence-electron chi connectivity index (χ3n) is 5.26. The van der Waals surface area contributed by atoms with Gasteiger partial charge >= 0.3 is 6.18 Å². The third-order valence-corrected chi connectivity index (χ3v) is 5.26. The summed E-state index contributed by atoms with van der Waals surface area (Å²) >= 11 is 0. The van der Waals surface area contributed by atoms with E-state index in [-0.39, 0.29) is 42.1 Å². The molecule has 3 N–H and O–H groups in total. The second-order valence-corrected chi connectivity index (χ2v) is 7.89. The minimum atomic E-state index is -4.31. The van der Waals surface area contributed by atoms with Crippen LogP contribution >= 0.6 is 24.0 Å². The quantitative estimate of drug-likeness (QED) is 0.259. The summed E-state index contributed by atoms with van der Waals surface area (Å²) in [6.07, 6.45) is -0.596. The Morgan fingerprint density at radius 2 is 1.87 bits per heavy atom. The molecule has 30 heavy (non-hydrogen) atoms. The van der Waals surface area contributed by atoms with Gasteiger partial charge in [-0.05, 0) is 30.9 Å². The normalized spacial score (nSPS) is 22.3. The standard InChI is InChI=1S/C21H32F3N3O2.HI/c1-3-25-19(27-14-20(2)11-5-4-6-18(20)28)26-12-16-7-9-17(10-8-16)13-29-15-21(22,23)24;/h7-10,18,28H,3-6,11-15H2,1-2H3,(H2,25,26,27);1H. The highest BCUT2D eigenvalue weighted by atomic mass is 127. The van der Waals surface area contributed by atoms with Gasteiger partial charge in [-0.3, -0.25) is 0 Å². The van der Waals surface area contributed by atoms with Crippen LogP contribution in [-0.2, 0) is 17.9 Å². The van der Waals surface area contributed by atoms with Crippen LogP contribution in [-0.4, -0.2) is 43.0 Å². The second kappa shape index (κ2) is 12.7. The maximum absolute atomic E-state index is 12.1. The van der Waals surface area contributed by atoms with Gasteiger partial charge in [0.15, 0.2) is 5.96 Å². The van der Waals surface area contributed by atoms with Crippen LogP contribution in [0.1, 0.15) is 50.7 Å². The summed E-state index contributed by atoms with van der Waals surface area (Å²) in [5.41, 5.74) is 1.48. The van der Waals surface area contributed by atoms with Crippen LogP contribution in [0.25, 0.3) is 0 Å². The lowest BCUT2D eigenvalue weighted by Crippen LogP contribution is -2.48. The summed E-state index contributed by atoms with van der Waals surface area (Å²) in [6.45, 7) is 4.59. The monoisotopic (exact) mass is 543 g/mol. The van der Waals surface area contributed by atoms with Gasteiger partial charge in [0.1, 0.15) is 6.61 Å². The Balaban J connectivity index is 0.00000450. The van der Waals surface area contributed by atoms with Crippen molar-refractivity contribution in [2.45, 2.75) is 65.0 Å². The van der Waals surface area contributed by atoms with Gasteiger partial charge in [0.05, 0.1) is 19.3 Å². The van der Waals surface area contributed by atoms with Crippen LogP contribution in [0.2, 0.25) is 0 Å². The number of alkyl halides is 3. The van der Waals surface area contributed by atoms with E-state index in [1.807, 2.05) is 19.1 Å². The van der Waals surface area contributed by atoms with Crippen LogP contribution in [0.5, 0.6) is 0 Å². The Labute approximate surface area is 193 Å². The maximum atomic E-state index is 12.1. The van der Waals surface area contributed by atoms with E-state index in [2.05, 4.69) is 27.3 Å². The fourth-order valence-corrected chi connectivity index (χ4v) is 3.41. The average molecular weight is 543 g/mol. The minimum absolute atomic E-state index is 0. The molecule has 1 aromatic rings. The van der Waals surface area contributed by atoms with E-state index >= 15 is 0 Å². The number of rotatable bonds is 8. The van der Waals surface area contributed by atoms with Crippen LogP contribution in [0, 0.1) is 5.41 Å². The van der Waals surface area contributed by atoms with Crippen LogP contribution < -0.4 is 10.6 Å². The van der Waals surface area contributed by atoms with Gasteiger partial charge in [-0.1, -0.05) is 44.0 Å². The van der Waals surface area contributed by atoms with Gasteiger partial charge in [0.25, 0.3) is 0 Å². The molecular weight excluding hydrogens is 510 g/mol. The summed E-state index contributed by atoms with van der Waals surface area (Å²) in [4.78, 5) is 4.58. The van der Waals surface area contributed by atoms with E-state index in [1.54, 1.807) is 12.1 Å². The number of nitrogens with one attached hydrogen (secondary N) is 2. The summed E-state index contributed by atoms with van der Waals surface area (Å²) in [6, 6.07) is 7.18. The number of aliphatic hydroxyl groups is 1. The number of nitrogens with zero attached hydrogens (tertiary/aromatic N) is 1. The second-order valence-electron chi connectivity index (χ2n) is 7.89. The largest absolute Gasteiger partial charge is 0.411 e. The molecule has 1 saturated carbocycles. The lowest BCUT2D eigenvalue weighted by molar-refractivity contribution is -0.176. The molecule has 0 spiro atoms. The first-order valence-electron chi connectivity index (χ1n) is 10.1. The van der Waals surface area contributed by atoms with Crippen molar-refractivity contribution >= 4 is 29.9 Å². The Morgan fingerprint density at radius 1 is 1.20 bits per heavy atom. The van der Waals surface area contributed by atoms with E-state index in [0.29, 0.717) is 24.6 Å². The maximum Gasteiger partial charge on any atom is 0.411 e. The number of aliphatic hydroxyl groups excluding tert-OH is 1. The molecule has 0 amide bonds. The fraction of sp³-hybridized carbons (Fsp3) is 0.667. The van der Waals surface area contributed by atoms with E-state index in [0.717, 1.165) is 37.8 Å². The molecule has 9 heteroatoms. The van der Waals surface area contributed by atoms with E-state index < -0.39 is 12.8 Å². The number of guanidine groups is 1. The molecular formula is C21H33F3IN3O2. The van der Waals surface area contributed by atoms with Gasteiger partial charge in [0, 0.05) is 18.5 Å². The van der Waals surface area contributed by atoms with Crippen molar-refractivity contribution < 1.29 is 23.0 Å². The van der Waals surface area contributed by atoms with E-state index in [4.69, 9.17) is 0 Å². The summed E-state index contributed by atoms with van der Waals surface area (Å²) < 4.78 is 41.0. The lowest BCUT2D eigenvalue weighted by Gasteiger charge is -2.38. The number of aliphatic imine (C=N–C) groups is 1. The molecule has 0 saturated heterocycles. The lowest BCUT2D eigenvalue weighted by atomic mass is 9.73. The zero-order valence-corrected chi connectivity index (χ0v) is 19.9. The number of hydrogen-bond acceptors (Lipinski definition) is 3. The van der Waals surface area contributed by atoms with Crippen molar-refractivity contribution in [1.82, 2.24) is 10.6 Å². The molecule has 1 aromatic carbocycles. The minimum Gasteiger partial charge on any atom is -0.392 e. The van der Waals surface area contributed by atoms with Gasteiger partial charge in [-0.25, -0.2) is 4.99 Å². The predicted octanol–water partition coefficient (Wildman–Crippen LogP) is 4.38.